The minimum Gasteiger partial charge on any atom is -0.387 e. The molecule has 1 fully saturated rings. The predicted molar refractivity (Wildman–Crippen MR) is 83.6 cm³/mol. The molecule has 1 saturated heterocycles. The Morgan fingerprint density at radius 3 is 2.65 bits per heavy atom. The number of benzene rings is 1. The molecule has 2 unspecified atom stereocenters. The van der Waals surface area contributed by atoms with Crippen LogP contribution in [0, 0.1) is 5.82 Å². The van der Waals surface area contributed by atoms with Crippen LogP contribution in [0.25, 0.3) is 0 Å². The van der Waals surface area contributed by atoms with Crippen molar-refractivity contribution in [3.05, 3.63) is 35.6 Å². The molecule has 0 spiro atoms. The normalized spacial score (nSPS) is 20.9. The van der Waals surface area contributed by atoms with E-state index in [0.717, 1.165) is 19.1 Å². The lowest BCUT2D eigenvalue weighted by atomic mass is 10.0. The number of nitrogens with one attached hydrogen (secondary N) is 1. The van der Waals surface area contributed by atoms with Gasteiger partial charge in [0.1, 0.15) is 11.9 Å². The summed E-state index contributed by atoms with van der Waals surface area (Å²) in [6.45, 7) is 0.274. The molecule has 0 aromatic heterocycles. The largest absolute Gasteiger partial charge is 0.387 e. The number of rotatable bonds is 5. The van der Waals surface area contributed by atoms with Crippen LogP contribution < -0.4 is 5.32 Å². The van der Waals surface area contributed by atoms with Crippen molar-refractivity contribution in [2.24, 2.45) is 0 Å². The molecule has 1 heterocycles. The molecule has 8 heteroatoms. The monoisotopic (exact) mass is 344 g/mol. The molecule has 128 valence electrons. The Kier molecular flexibility index (Phi) is 5.72. The van der Waals surface area contributed by atoms with Crippen LogP contribution in [-0.2, 0) is 14.8 Å². The molecule has 6 nitrogen and oxygen atoms in total. The number of nitrogens with zero attached hydrogens (tertiary/aromatic N) is 1. The minimum absolute atomic E-state index is 0.0570. The lowest BCUT2D eigenvalue weighted by Gasteiger charge is -2.32. The van der Waals surface area contributed by atoms with Crippen molar-refractivity contribution in [1.82, 2.24) is 9.62 Å². The summed E-state index contributed by atoms with van der Waals surface area (Å²) < 4.78 is 37.6. The quantitative estimate of drug-likeness (QED) is 0.827. The lowest BCUT2D eigenvalue weighted by Crippen LogP contribution is -2.52. The van der Waals surface area contributed by atoms with E-state index in [2.05, 4.69) is 5.32 Å². The van der Waals surface area contributed by atoms with Gasteiger partial charge >= 0.3 is 0 Å². The SMILES string of the molecule is CS(=O)(=O)N1CCCCC1C(=O)NCC(O)c1ccc(F)cc1. The van der Waals surface area contributed by atoms with E-state index in [1.807, 2.05) is 0 Å². The van der Waals surface area contributed by atoms with Crippen molar-refractivity contribution in [1.29, 1.82) is 0 Å². The van der Waals surface area contributed by atoms with Crippen molar-refractivity contribution in [2.75, 3.05) is 19.3 Å². The number of halogens is 1. The number of aliphatic hydroxyl groups is 1. The second-order valence-corrected chi connectivity index (χ2v) is 7.63. The Hall–Kier alpha value is -1.51. The highest BCUT2D eigenvalue weighted by molar-refractivity contribution is 7.88. The number of hydrogen-bond acceptors (Lipinski definition) is 4. The van der Waals surface area contributed by atoms with Gasteiger partial charge < -0.3 is 10.4 Å². The van der Waals surface area contributed by atoms with Crippen LogP contribution in [-0.4, -0.2) is 49.1 Å². The number of carbonyl (C=O) groups excluding carboxylic acids is 1. The van der Waals surface area contributed by atoms with Gasteiger partial charge in [-0.15, -0.1) is 0 Å². The van der Waals surface area contributed by atoms with Gasteiger partial charge in [-0.25, -0.2) is 12.8 Å². The summed E-state index contributed by atoms with van der Waals surface area (Å²) in [4.78, 5) is 12.3. The first kappa shape index (κ1) is 17.8. The van der Waals surface area contributed by atoms with Gasteiger partial charge in [0, 0.05) is 13.1 Å². The van der Waals surface area contributed by atoms with Crippen LogP contribution in [0.2, 0.25) is 0 Å². The van der Waals surface area contributed by atoms with E-state index in [-0.39, 0.29) is 6.54 Å². The standard InChI is InChI=1S/C15H21FN2O4S/c1-23(21,22)18-9-3-2-4-13(18)15(20)17-10-14(19)11-5-7-12(16)8-6-11/h5-8,13-14,19H,2-4,9-10H2,1H3,(H,17,20). The van der Waals surface area contributed by atoms with E-state index < -0.39 is 33.9 Å². The van der Waals surface area contributed by atoms with E-state index >= 15 is 0 Å². The maximum atomic E-state index is 12.8. The average Bonchev–Trinajstić information content (AvgIpc) is 2.52. The van der Waals surface area contributed by atoms with E-state index in [0.29, 0.717) is 18.5 Å². The number of amides is 1. The van der Waals surface area contributed by atoms with Crippen LogP contribution in [0.4, 0.5) is 4.39 Å². The molecule has 1 aromatic carbocycles. The van der Waals surface area contributed by atoms with Gasteiger partial charge in [-0.05, 0) is 30.5 Å². The van der Waals surface area contributed by atoms with Gasteiger partial charge in [0.2, 0.25) is 15.9 Å². The zero-order chi connectivity index (χ0) is 17.0. The number of aliphatic hydroxyl groups excluding tert-OH is 1. The number of sulfonamides is 1. The fraction of sp³-hybridized carbons (Fsp3) is 0.533. The van der Waals surface area contributed by atoms with Gasteiger partial charge in [0.25, 0.3) is 0 Å². The number of carbonyl (C=O) groups is 1. The molecular weight excluding hydrogens is 323 g/mol. The van der Waals surface area contributed by atoms with E-state index in [4.69, 9.17) is 0 Å². The number of hydrogen-bond donors (Lipinski definition) is 2. The summed E-state index contributed by atoms with van der Waals surface area (Å²) in [6.07, 6.45) is 2.09. The molecule has 0 radical (unpaired) electrons. The summed E-state index contributed by atoms with van der Waals surface area (Å²) in [7, 11) is -3.45. The van der Waals surface area contributed by atoms with E-state index in [1.54, 1.807) is 0 Å². The lowest BCUT2D eigenvalue weighted by molar-refractivity contribution is -0.126. The van der Waals surface area contributed by atoms with Crippen molar-refractivity contribution < 1.29 is 22.7 Å². The van der Waals surface area contributed by atoms with Crippen LogP contribution in [0.15, 0.2) is 24.3 Å². The third-order valence-electron chi connectivity index (χ3n) is 3.91. The highest BCUT2D eigenvalue weighted by Gasteiger charge is 2.34. The zero-order valence-corrected chi connectivity index (χ0v) is 13.7. The van der Waals surface area contributed by atoms with Crippen LogP contribution in [0.1, 0.15) is 30.9 Å². The van der Waals surface area contributed by atoms with Crippen molar-refractivity contribution in [2.45, 2.75) is 31.4 Å². The van der Waals surface area contributed by atoms with Gasteiger partial charge in [-0.1, -0.05) is 18.6 Å². The molecule has 0 saturated carbocycles. The first-order chi connectivity index (χ1) is 10.8. The molecule has 23 heavy (non-hydrogen) atoms. The topological polar surface area (TPSA) is 86.7 Å². The predicted octanol–water partition coefficient (Wildman–Crippen LogP) is 0.789. The minimum atomic E-state index is -3.45. The second-order valence-electron chi connectivity index (χ2n) is 5.70. The summed E-state index contributed by atoms with van der Waals surface area (Å²) in [5.41, 5.74) is 0.482. The Bertz CT molecular complexity index is 648. The van der Waals surface area contributed by atoms with Gasteiger partial charge in [0.05, 0.1) is 12.4 Å². The van der Waals surface area contributed by atoms with Crippen molar-refractivity contribution in [3.63, 3.8) is 0 Å². The third-order valence-corrected chi connectivity index (χ3v) is 5.20. The average molecular weight is 344 g/mol. The first-order valence-corrected chi connectivity index (χ1v) is 9.32. The highest BCUT2D eigenvalue weighted by atomic mass is 32.2. The number of piperidine rings is 1. The molecule has 2 rings (SSSR count). The summed E-state index contributed by atoms with van der Waals surface area (Å²) >= 11 is 0. The fourth-order valence-electron chi connectivity index (χ4n) is 2.68. The molecule has 1 aliphatic rings. The Morgan fingerprint density at radius 2 is 2.04 bits per heavy atom. The second kappa shape index (κ2) is 7.37. The van der Waals surface area contributed by atoms with Crippen LogP contribution in [0.5, 0.6) is 0 Å². The molecule has 2 N–H and O–H groups in total. The highest BCUT2D eigenvalue weighted by Crippen LogP contribution is 2.20. The van der Waals surface area contributed by atoms with E-state index in [9.17, 15) is 22.7 Å². The summed E-state index contributed by atoms with van der Waals surface area (Å²) in [5.74, 6) is -0.827. The van der Waals surface area contributed by atoms with Gasteiger partial charge in [-0.3, -0.25) is 4.79 Å². The first-order valence-electron chi connectivity index (χ1n) is 7.47. The van der Waals surface area contributed by atoms with Gasteiger partial charge in [0.15, 0.2) is 0 Å². The third kappa shape index (κ3) is 4.73. The van der Waals surface area contributed by atoms with Crippen molar-refractivity contribution in [3.8, 4) is 0 Å². The molecule has 0 bridgehead atoms. The molecule has 1 aromatic rings. The van der Waals surface area contributed by atoms with Crippen LogP contribution in [0.3, 0.4) is 0 Å². The maximum Gasteiger partial charge on any atom is 0.238 e. The fourth-order valence-corrected chi connectivity index (χ4v) is 3.81. The smallest absolute Gasteiger partial charge is 0.238 e. The molecule has 1 aliphatic heterocycles. The summed E-state index contributed by atoms with van der Waals surface area (Å²) in [5, 5.41) is 12.6. The molecule has 2 atom stereocenters. The molecular formula is C15H21FN2O4S. The van der Waals surface area contributed by atoms with Crippen LogP contribution >= 0.6 is 0 Å². The van der Waals surface area contributed by atoms with E-state index in [1.165, 1.54) is 28.6 Å². The summed E-state index contributed by atoms with van der Waals surface area (Å²) in [6, 6.07) is 4.60. The molecule has 1 amide bonds. The molecule has 0 aliphatic carbocycles. The Labute approximate surface area is 135 Å². The zero-order valence-electron chi connectivity index (χ0n) is 12.9. The Balaban J connectivity index is 1.96. The Morgan fingerprint density at radius 1 is 1.39 bits per heavy atom. The maximum absolute atomic E-state index is 12.8. The van der Waals surface area contributed by atoms with Crippen molar-refractivity contribution >= 4 is 15.9 Å². The van der Waals surface area contributed by atoms with Gasteiger partial charge in [-0.2, -0.15) is 4.31 Å².